The van der Waals surface area contributed by atoms with Crippen LogP contribution >= 0.6 is 15.9 Å². The molecule has 1 aliphatic carbocycles. The van der Waals surface area contributed by atoms with Gasteiger partial charge < -0.3 is 4.74 Å². The fraction of sp³-hybridized carbons (Fsp3) is 1.00. The van der Waals surface area contributed by atoms with Gasteiger partial charge in [-0.15, -0.1) is 0 Å². The molecule has 0 radical (unpaired) electrons. The molecule has 5 heteroatoms. The van der Waals surface area contributed by atoms with Gasteiger partial charge in [-0.05, 0) is 52.4 Å². The van der Waals surface area contributed by atoms with Gasteiger partial charge >= 0.3 is 0 Å². The lowest BCUT2D eigenvalue weighted by Gasteiger charge is -2.33. The van der Waals surface area contributed by atoms with E-state index in [1.807, 2.05) is 0 Å². The van der Waals surface area contributed by atoms with Gasteiger partial charge in [0.25, 0.3) is 0 Å². The predicted octanol–water partition coefficient (Wildman–Crippen LogP) is 3.17. The highest BCUT2D eigenvalue weighted by Crippen LogP contribution is 2.50. The number of halogens is 1. The van der Waals surface area contributed by atoms with Gasteiger partial charge in [-0.25, -0.2) is 8.42 Å². The summed E-state index contributed by atoms with van der Waals surface area (Å²) in [6, 6.07) is 0. The first-order valence-electron chi connectivity index (χ1n) is 7.12. The fourth-order valence-corrected chi connectivity index (χ4v) is 5.03. The van der Waals surface area contributed by atoms with Gasteiger partial charge in [0.1, 0.15) is 0 Å². The molecule has 0 N–H and O–H groups in total. The largest absolute Gasteiger partial charge is 0.377 e. The second-order valence-corrected chi connectivity index (χ2v) is 10.5. The Morgan fingerprint density at radius 2 is 1.95 bits per heavy atom. The Balaban J connectivity index is 2.07. The average Bonchev–Trinajstić information content (AvgIpc) is 3.06. The van der Waals surface area contributed by atoms with Crippen molar-refractivity contribution in [3.05, 3.63) is 0 Å². The van der Waals surface area contributed by atoms with Crippen molar-refractivity contribution in [3.63, 3.8) is 0 Å². The van der Waals surface area contributed by atoms with Crippen molar-refractivity contribution in [1.29, 1.82) is 0 Å². The van der Waals surface area contributed by atoms with Gasteiger partial charge in [-0.1, -0.05) is 15.9 Å². The quantitative estimate of drug-likeness (QED) is 0.713. The molecule has 2 aliphatic rings. The van der Waals surface area contributed by atoms with Crippen LogP contribution in [0.2, 0.25) is 0 Å². The first kappa shape index (κ1) is 15.8. The number of hydrogen-bond donors (Lipinski definition) is 0. The molecule has 0 amide bonds. The summed E-state index contributed by atoms with van der Waals surface area (Å²) in [6.45, 7) is 6.13. The molecular formula is C14H25BrO3S. The van der Waals surface area contributed by atoms with Crippen LogP contribution in [-0.4, -0.2) is 37.0 Å². The van der Waals surface area contributed by atoms with Crippen molar-refractivity contribution >= 4 is 25.8 Å². The summed E-state index contributed by atoms with van der Waals surface area (Å²) < 4.78 is 29.9. The highest BCUT2D eigenvalue weighted by Gasteiger charge is 2.50. The van der Waals surface area contributed by atoms with Gasteiger partial charge in [-0.2, -0.15) is 0 Å². The molecule has 1 heterocycles. The fourth-order valence-electron chi connectivity index (χ4n) is 2.86. The molecule has 1 aliphatic heterocycles. The Labute approximate surface area is 125 Å². The second-order valence-electron chi connectivity index (χ2n) is 7.06. The third kappa shape index (κ3) is 3.18. The van der Waals surface area contributed by atoms with E-state index < -0.39 is 14.6 Å². The van der Waals surface area contributed by atoms with Gasteiger partial charge in [0.2, 0.25) is 0 Å². The number of ether oxygens (including phenoxy) is 1. The molecule has 2 atom stereocenters. The van der Waals surface area contributed by atoms with Gasteiger partial charge in [-0.3, -0.25) is 0 Å². The van der Waals surface area contributed by atoms with Crippen LogP contribution in [-0.2, 0) is 14.6 Å². The van der Waals surface area contributed by atoms with Crippen LogP contribution in [0.4, 0.5) is 0 Å². The van der Waals surface area contributed by atoms with Crippen LogP contribution in [0.1, 0.15) is 46.5 Å². The van der Waals surface area contributed by atoms with Gasteiger partial charge in [0, 0.05) is 17.4 Å². The van der Waals surface area contributed by atoms with Crippen LogP contribution < -0.4 is 0 Å². The zero-order valence-electron chi connectivity index (χ0n) is 12.1. The van der Waals surface area contributed by atoms with Crippen molar-refractivity contribution in [3.8, 4) is 0 Å². The Kier molecular flexibility index (Phi) is 4.40. The molecule has 2 fully saturated rings. The summed E-state index contributed by atoms with van der Waals surface area (Å²) in [5.74, 6) is 0.937. The predicted molar refractivity (Wildman–Crippen MR) is 81.5 cm³/mol. The standard InChI is InChI=1S/C14H25BrO3S/c1-13(2,3)19(16,17)9-7-14(10-15)6-8-18-12(14)11-4-5-11/h11-12H,4-10H2,1-3H3. The summed E-state index contributed by atoms with van der Waals surface area (Å²) in [4.78, 5) is 0. The summed E-state index contributed by atoms with van der Waals surface area (Å²) in [7, 11) is -3.04. The number of sulfone groups is 1. The minimum Gasteiger partial charge on any atom is -0.377 e. The van der Waals surface area contributed by atoms with E-state index in [9.17, 15) is 8.42 Å². The maximum absolute atomic E-state index is 12.3. The molecule has 3 nitrogen and oxygen atoms in total. The maximum atomic E-state index is 12.3. The lowest BCUT2D eigenvalue weighted by molar-refractivity contribution is 0.0400. The van der Waals surface area contributed by atoms with E-state index in [-0.39, 0.29) is 17.3 Å². The normalized spacial score (nSPS) is 32.7. The lowest BCUT2D eigenvalue weighted by Crippen LogP contribution is -2.39. The highest BCUT2D eigenvalue weighted by molar-refractivity contribution is 9.09. The molecule has 0 bridgehead atoms. The smallest absolute Gasteiger partial charge is 0.155 e. The van der Waals surface area contributed by atoms with Crippen molar-refractivity contribution in [2.45, 2.75) is 57.3 Å². The van der Waals surface area contributed by atoms with Crippen molar-refractivity contribution < 1.29 is 13.2 Å². The average molecular weight is 353 g/mol. The molecule has 0 aromatic carbocycles. The topological polar surface area (TPSA) is 43.4 Å². The Bertz CT molecular complexity index is 422. The molecule has 0 aromatic rings. The van der Waals surface area contributed by atoms with Crippen LogP contribution in [0.3, 0.4) is 0 Å². The summed E-state index contributed by atoms with van der Waals surface area (Å²) in [6.07, 6.45) is 4.46. The molecule has 1 saturated carbocycles. The van der Waals surface area contributed by atoms with Gasteiger partial charge in [0.15, 0.2) is 9.84 Å². The molecule has 2 rings (SSSR count). The first-order chi connectivity index (χ1) is 8.72. The van der Waals surface area contributed by atoms with E-state index in [0.29, 0.717) is 5.92 Å². The van der Waals surface area contributed by atoms with Crippen LogP contribution in [0, 0.1) is 11.3 Å². The van der Waals surface area contributed by atoms with E-state index in [2.05, 4.69) is 15.9 Å². The minimum absolute atomic E-state index is 0.0273. The molecule has 112 valence electrons. The van der Waals surface area contributed by atoms with Crippen LogP contribution in [0.15, 0.2) is 0 Å². The summed E-state index contributed by atoms with van der Waals surface area (Å²) in [5.41, 5.74) is 0.0273. The number of hydrogen-bond acceptors (Lipinski definition) is 3. The Morgan fingerprint density at radius 1 is 1.32 bits per heavy atom. The van der Waals surface area contributed by atoms with Gasteiger partial charge in [0.05, 0.1) is 16.6 Å². The molecule has 2 unspecified atom stereocenters. The molecule has 0 spiro atoms. The van der Waals surface area contributed by atoms with Crippen LogP contribution in [0.5, 0.6) is 0 Å². The zero-order chi connectivity index (χ0) is 14.3. The minimum atomic E-state index is -3.04. The van der Waals surface area contributed by atoms with E-state index in [1.54, 1.807) is 20.8 Å². The monoisotopic (exact) mass is 352 g/mol. The molecule has 0 aromatic heterocycles. The summed E-state index contributed by atoms with van der Waals surface area (Å²) >= 11 is 3.61. The Hall–Kier alpha value is 0.390. The highest BCUT2D eigenvalue weighted by atomic mass is 79.9. The number of alkyl halides is 1. The van der Waals surface area contributed by atoms with E-state index >= 15 is 0 Å². The third-order valence-corrected chi connectivity index (χ3v) is 8.34. The van der Waals surface area contributed by atoms with E-state index in [0.717, 1.165) is 24.8 Å². The number of rotatable bonds is 5. The van der Waals surface area contributed by atoms with Crippen molar-refractivity contribution in [2.24, 2.45) is 11.3 Å². The molecular weight excluding hydrogens is 328 g/mol. The molecule has 19 heavy (non-hydrogen) atoms. The SMILES string of the molecule is CC(C)(C)S(=O)(=O)CCC1(CBr)CCOC1C1CC1. The van der Waals surface area contributed by atoms with Crippen molar-refractivity contribution in [1.82, 2.24) is 0 Å². The Morgan fingerprint density at radius 3 is 2.42 bits per heavy atom. The van der Waals surface area contributed by atoms with E-state index in [1.165, 1.54) is 12.8 Å². The maximum Gasteiger partial charge on any atom is 0.155 e. The lowest BCUT2D eigenvalue weighted by atomic mass is 9.78. The third-order valence-electron chi connectivity index (χ3n) is 4.62. The van der Waals surface area contributed by atoms with Crippen molar-refractivity contribution in [2.75, 3.05) is 17.7 Å². The zero-order valence-corrected chi connectivity index (χ0v) is 14.5. The summed E-state index contributed by atoms with van der Waals surface area (Å²) in [5, 5.41) is 0.848. The second kappa shape index (κ2) is 5.30. The van der Waals surface area contributed by atoms with E-state index in [4.69, 9.17) is 4.74 Å². The van der Waals surface area contributed by atoms with Crippen LogP contribution in [0.25, 0.3) is 0 Å². The first-order valence-corrected chi connectivity index (χ1v) is 9.89. The molecule has 1 saturated heterocycles.